The molecule has 3 rings (SSSR count). The number of benzene rings is 3. The molecule has 0 bridgehead atoms. The van der Waals surface area contributed by atoms with Crippen molar-refractivity contribution in [3.63, 3.8) is 0 Å². The maximum absolute atomic E-state index is 12.3. The Morgan fingerprint density at radius 3 is 2.52 bits per heavy atom. The summed E-state index contributed by atoms with van der Waals surface area (Å²) in [6.07, 6.45) is 1.76. The van der Waals surface area contributed by atoms with E-state index in [0.29, 0.717) is 11.3 Å². The number of fused-ring (bicyclic) bond motifs is 1. The van der Waals surface area contributed by atoms with Crippen molar-refractivity contribution in [1.29, 1.82) is 0 Å². The third kappa shape index (κ3) is 4.34. The van der Waals surface area contributed by atoms with E-state index in [1.165, 1.54) is 5.56 Å². The van der Waals surface area contributed by atoms with Gasteiger partial charge in [0.25, 0.3) is 5.91 Å². The van der Waals surface area contributed by atoms with Crippen LogP contribution in [0.4, 0.5) is 0 Å². The molecule has 0 aliphatic heterocycles. The first-order chi connectivity index (χ1) is 13.1. The SMILES string of the molecule is CCc1ccc([C@H](C)NC(=O)COc2ccc3ccccc3c2C=O)cc1. The summed E-state index contributed by atoms with van der Waals surface area (Å²) in [6.45, 7) is 3.90. The highest BCUT2D eigenvalue weighted by Crippen LogP contribution is 2.26. The average molecular weight is 361 g/mol. The molecule has 0 aliphatic rings. The molecule has 1 amide bonds. The summed E-state index contributed by atoms with van der Waals surface area (Å²) in [7, 11) is 0. The van der Waals surface area contributed by atoms with Crippen LogP contribution in [-0.4, -0.2) is 18.8 Å². The van der Waals surface area contributed by atoms with Crippen LogP contribution in [-0.2, 0) is 11.2 Å². The number of hydrogen-bond acceptors (Lipinski definition) is 3. The minimum absolute atomic E-state index is 0.117. The minimum atomic E-state index is -0.230. The molecule has 1 atom stereocenters. The van der Waals surface area contributed by atoms with Crippen molar-refractivity contribution < 1.29 is 14.3 Å². The van der Waals surface area contributed by atoms with Crippen LogP contribution in [0.15, 0.2) is 60.7 Å². The first-order valence-electron chi connectivity index (χ1n) is 9.10. The first kappa shape index (κ1) is 18.6. The predicted octanol–water partition coefficient (Wildman–Crippen LogP) is 4.47. The molecule has 138 valence electrons. The molecule has 0 aliphatic carbocycles. The van der Waals surface area contributed by atoms with Crippen molar-refractivity contribution in [1.82, 2.24) is 5.32 Å². The van der Waals surface area contributed by atoms with E-state index in [1.807, 2.05) is 49.4 Å². The van der Waals surface area contributed by atoms with E-state index in [-0.39, 0.29) is 18.6 Å². The standard InChI is InChI=1S/C23H23NO3/c1-3-17-8-10-18(11-9-17)16(2)24-23(26)15-27-22-13-12-19-6-4-5-7-20(19)21(22)14-25/h4-14,16H,3,15H2,1-2H3,(H,24,26)/t16-/m0/s1. The number of carbonyl (C=O) groups excluding carboxylic acids is 2. The van der Waals surface area contributed by atoms with E-state index in [9.17, 15) is 9.59 Å². The lowest BCUT2D eigenvalue weighted by molar-refractivity contribution is -0.123. The van der Waals surface area contributed by atoms with Crippen molar-refractivity contribution in [3.8, 4) is 5.75 Å². The summed E-state index contributed by atoms with van der Waals surface area (Å²) in [5.74, 6) is 0.186. The smallest absolute Gasteiger partial charge is 0.258 e. The summed E-state index contributed by atoms with van der Waals surface area (Å²) >= 11 is 0. The maximum Gasteiger partial charge on any atom is 0.258 e. The molecule has 0 radical (unpaired) electrons. The van der Waals surface area contributed by atoms with Gasteiger partial charge in [-0.3, -0.25) is 9.59 Å². The van der Waals surface area contributed by atoms with E-state index in [2.05, 4.69) is 24.4 Å². The van der Waals surface area contributed by atoms with Gasteiger partial charge >= 0.3 is 0 Å². The molecule has 3 aromatic rings. The number of nitrogens with one attached hydrogen (secondary N) is 1. The van der Waals surface area contributed by atoms with Crippen LogP contribution >= 0.6 is 0 Å². The van der Waals surface area contributed by atoms with Gasteiger partial charge in [-0.2, -0.15) is 0 Å². The van der Waals surface area contributed by atoms with Crippen LogP contribution in [0.1, 0.15) is 41.4 Å². The Morgan fingerprint density at radius 1 is 1.07 bits per heavy atom. The second-order valence-corrected chi connectivity index (χ2v) is 6.49. The van der Waals surface area contributed by atoms with Gasteiger partial charge in [0.2, 0.25) is 0 Å². The number of carbonyl (C=O) groups is 2. The molecule has 0 spiro atoms. The average Bonchev–Trinajstić information content (AvgIpc) is 2.71. The second kappa shape index (κ2) is 8.49. The fourth-order valence-corrected chi connectivity index (χ4v) is 3.07. The molecular formula is C23H23NO3. The quantitative estimate of drug-likeness (QED) is 0.632. The van der Waals surface area contributed by atoms with Crippen molar-refractivity contribution >= 4 is 23.0 Å². The first-order valence-corrected chi connectivity index (χ1v) is 9.10. The molecule has 0 saturated carbocycles. The number of hydrogen-bond donors (Lipinski definition) is 1. The van der Waals surface area contributed by atoms with Gasteiger partial charge in [0.1, 0.15) is 5.75 Å². The third-order valence-corrected chi connectivity index (χ3v) is 4.67. The fraction of sp³-hybridized carbons (Fsp3) is 0.217. The van der Waals surface area contributed by atoms with Gasteiger partial charge in [-0.15, -0.1) is 0 Å². The molecule has 4 nitrogen and oxygen atoms in total. The summed E-state index contributed by atoms with van der Waals surface area (Å²) in [6, 6.07) is 19.3. The van der Waals surface area contributed by atoms with Crippen LogP contribution in [0.3, 0.4) is 0 Å². The van der Waals surface area contributed by atoms with Gasteiger partial charge in [0, 0.05) is 0 Å². The van der Waals surface area contributed by atoms with E-state index in [1.54, 1.807) is 6.07 Å². The molecular weight excluding hydrogens is 338 g/mol. The Labute approximate surface area is 159 Å². The lowest BCUT2D eigenvalue weighted by atomic mass is 10.0. The summed E-state index contributed by atoms with van der Waals surface area (Å²) < 4.78 is 5.63. The van der Waals surface area contributed by atoms with Crippen molar-refractivity contribution in [2.75, 3.05) is 6.61 Å². The molecule has 0 aromatic heterocycles. The van der Waals surface area contributed by atoms with Gasteiger partial charge in [0.05, 0.1) is 11.6 Å². The zero-order valence-corrected chi connectivity index (χ0v) is 15.6. The minimum Gasteiger partial charge on any atom is -0.483 e. The monoisotopic (exact) mass is 361 g/mol. The van der Waals surface area contributed by atoms with Crippen LogP contribution in [0.2, 0.25) is 0 Å². The van der Waals surface area contributed by atoms with E-state index < -0.39 is 0 Å². The number of rotatable bonds is 7. The van der Waals surface area contributed by atoms with Gasteiger partial charge in [0.15, 0.2) is 12.9 Å². The molecule has 0 unspecified atom stereocenters. The molecule has 4 heteroatoms. The zero-order valence-electron chi connectivity index (χ0n) is 15.6. The van der Waals surface area contributed by atoms with Crippen LogP contribution < -0.4 is 10.1 Å². The van der Waals surface area contributed by atoms with Gasteiger partial charge in [-0.05, 0) is 41.3 Å². The third-order valence-electron chi connectivity index (χ3n) is 4.67. The second-order valence-electron chi connectivity index (χ2n) is 6.49. The highest BCUT2D eigenvalue weighted by molar-refractivity contribution is 6.00. The molecule has 0 saturated heterocycles. The zero-order chi connectivity index (χ0) is 19.2. The van der Waals surface area contributed by atoms with Crippen LogP contribution in [0.5, 0.6) is 5.75 Å². The normalized spacial score (nSPS) is 11.8. The molecule has 0 heterocycles. The largest absolute Gasteiger partial charge is 0.483 e. The summed E-state index contributed by atoms with van der Waals surface area (Å²) in [5, 5.41) is 4.70. The Balaban J connectivity index is 1.65. The van der Waals surface area contributed by atoms with E-state index in [4.69, 9.17) is 4.74 Å². The molecule has 0 fully saturated rings. The van der Waals surface area contributed by atoms with E-state index in [0.717, 1.165) is 29.0 Å². The predicted molar refractivity (Wildman–Crippen MR) is 107 cm³/mol. The lowest BCUT2D eigenvalue weighted by Gasteiger charge is -2.16. The molecule has 3 aromatic carbocycles. The molecule has 1 N–H and O–H groups in total. The van der Waals surface area contributed by atoms with Crippen molar-refractivity contribution in [2.45, 2.75) is 26.3 Å². The Kier molecular flexibility index (Phi) is 5.87. The highest BCUT2D eigenvalue weighted by Gasteiger charge is 2.13. The van der Waals surface area contributed by atoms with Gasteiger partial charge in [-0.25, -0.2) is 0 Å². The lowest BCUT2D eigenvalue weighted by Crippen LogP contribution is -2.31. The summed E-state index contributed by atoms with van der Waals surface area (Å²) in [5.41, 5.74) is 2.77. The maximum atomic E-state index is 12.3. The number of aryl methyl sites for hydroxylation is 1. The Morgan fingerprint density at radius 2 is 1.81 bits per heavy atom. The van der Waals surface area contributed by atoms with Crippen LogP contribution in [0.25, 0.3) is 10.8 Å². The molecule has 27 heavy (non-hydrogen) atoms. The number of ether oxygens (including phenoxy) is 1. The van der Waals surface area contributed by atoms with Crippen molar-refractivity contribution in [3.05, 3.63) is 77.4 Å². The summed E-state index contributed by atoms with van der Waals surface area (Å²) in [4.78, 5) is 23.8. The topological polar surface area (TPSA) is 55.4 Å². The van der Waals surface area contributed by atoms with Crippen molar-refractivity contribution in [2.24, 2.45) is 0 Å². The number of aldehydes is 1. The number of amides is 1. The van der Waals surface area contributed by atoms with Crippen LogP contribution in [0, 0.1) is 0 Å². The Hall–Kier alpha value is -3.14. The highest BCUT2D eigenvalue weighted by atomic mass is 16.5. The Bertz CT molecular complexity index is 947. The van der Waals surface area contributed by atoms with E-state index >= 15 is 0 Å². The fourth-order valence-electron chi connectivity index (χ4n) is 3.07. The van der Waals surface area contributed by atoms with Gasteiger partial charge < -0.3 is 10.1 Å². The van der Waals surface area contributed by atoms with Gasteiger partial charge in [-0.1, -0.05) is 61.5 Å².